The number of aromatic nitrogens is 1. The summed E-state index contributed by atoms with van der Waals surface area (Å²) in [5, 5.41) is 3.48. The highest BCUT2D eigenvalue weighted by molar-refractivity contribution is 6.09. The van der Waals surface area contributed by atoms with E-state index in [4.69, 9.17) is 9.83 Å². The van der Waals surface area contributed by atoms with Gasteiger partial charge in [-0.05, 0) is 35.4 Å². The van der Waals surface area contributed by atoms with Gasteiger partial charge in [-0.15, -0.1) is 0 Å². The van der Waals surface area contributed by atoms with Gasteiger partial charge in [0.1, 0.15) is 5.84 Å². The van der Waals surface area contributed by atoms with Crippen LogP contribution in [0.25, 0.3) is 11.1 Å². The zero-order valence-corrected chi connectivity index (χ0v) is 20.6. The minimum atomic E-state index is 0.560. The summed E-state index contributed by atoms with van der Waals surface area (Å²) in [7, 11) is 5.56. The Labute approximate surface area is 211 Å². The van der Waals surface area contributed by atoms with Gasteiger partial charge in [0.15, 0.2) is 5.76 Å². The summed E-state index contributed by atoms with van der Waals surface area (Å²) in [6.07, 6.45) is 7.81. The Balaban J connectivity index is 1.49. The molecule has 36 heavy (non-hydrogen) atoms. The number of hydrogen-bond donors (Lipinski definition) is 2. The highest BCUT2D eigenvalue weighted by Gasteiger charge is 2.37. The molecule has 0 unspecified atom stereocenters. The van der Waals surface area contributed by atoms with Crippen molar-refractivity contribution in [3.8, 4) is 11.1 Å². The normalized spacial score (nSPS) is 15.0. The van der Waals surface area contributed by atoms with Crippen molar-refractivity contribution in [2.24, 2.45) is 9.98 Å². The van der Waals surface area contributed by atoms with Gasteiger partial charge in [0.25, 0.3) is 0 Å². The molecule has 7 nitrogen and oxygen atoms in total. The quantitative estimate of drug-likeness (QED) is 0.279. The van der Waals surface area contributed by atoms with Gasteiger partial charge in [-0.1, -0.05) is 48.5 Å². The van der Waals surface area contributed by atoms with Crippen molar-refractivity contribution in [3.63, 3.8) is 0 Å². The van der Waals surface area contributed by atoms with Crippen LogP contribution in [0, 0.1) is 0 Å². The van der Waals surface area contributed by atoms with Crippen LogP contribution in [0.3, 0.4) is 0 Å². The van der Waals surface area contributed by atoms with E-state index < -0.39 is 0 Å². The summed E-state index contributed by atoms with van der Waals surface area (Å²) in [6, 6.07) is 22.3. The fourth-order valence-electron chi connectivity index (χ4n) is 4.28. The topological polar surface area (TPSA) is 74.1 Å². The molecule has 0 spiro atoms. The third-order valence-corrected chi connectivity index (χ3v) is 5.97. The number of amidine groups is 1. The van der Waals surface area contributed by atoms with Crippen molar-refractivity contribution in [2.75, 3.05) is 21.1 Å². The molecule has 2 N–H and O–H groups in total. The predicted octanol–water partition coefficient (Wildman–Crippen LogP) is 4.75. The number of rotatable bonds is 8. The number of aliphatic imine (C=N–C) groups is 2. The van der Waals surface area contributed by atoms with Crippen LogP contribution in [0.15, 0.2) is 118 Å². The molecule has 0 fully saturated rings. The SMILES string of the molecule is CN=C(NCc1ccccn1)c1c(N=CC2=CN(C)C3=C(ONC)C3=C2)cccc1-c1ccccc1. The number of nitrogens with one attached hydrogen (secondary N) is 2. The van der Waals surface area contributed by atoms with Crippen LogP contribution >= 0.6 is 0 Å². The van der Waals surface area contributed by atoms with Crippen molar-refractivity contribution in [3.05, 3.63) is 119 Å². The number of likely N-dealkylation sites (N-methyl/N-ethyl adjacent to an activating group) is 1. The first-order chi connectivity index (χ1) is 17.7. The zero-order chi connectivity index (χ0) is 24.9. The van der Waals surface area contributed by atoms with E-state index >= 15 is 0 Å². The Bertz CT molecular complexity index is 1400. The molecule has 2 aromatic carbocycles. The fourth-order valence-corrected chi connectivity index (χ4v) is 4.28. The molecule has 2 aliphatic rings. The Morgan fingerprint density at radius 1 is 1.06 bits per heavy atom. The molecule has 0 amide bonds. The Morgan fingerprint density at radius 2 is 1.89 bits per heavy atom. The number of hydroxylamine groups is 1. The molecular formula is C29H28N6O. The van der Waals surface area contributed by atoms with Gasteiger partial charge in [-0.3, -0.25) is 15.0 Å². The van der Waals surface area contributed by atoms with Crippen molar-refractivity contribution < 1.29 is 4.84 Å². The lowest BCUT2D eigenvalue weighted by Gasteiger charge is -2.17. The number of fused-ring (bicyclic) bond motifs is 1. The van der Waals surface area contributed by atoms with Gasteiger partial charge in [0.05, 0.1) is 23.6 Å². The van der Waals surface area contributed by atoms with E-state index in [9.17, 15) is 0 Å². The van der Waals surface area contributed by atoms with Gasteiger partial charge < -0.3 is 15.1 Å². The van der Waals surface area contributed by atoms with Crippen LogP contribution in [-0.4, -0.2) is 43.1 Å². The third kappa shape index (κ3) is 4.82. The van der Waals surface area contributed by atoms with Crippen molar-refractivity contribution >= 4 is 17.7 Å². The van der Waals surface area contributed by atoms with Crippen LogP contribution in [0.1, 0.15) is 11.3 Å². The summed E-state index contributed by atoms with van der Waals surface area (Å²) in [5.74, 6) is 1.63. The molecule has 2 heterocycles. The largest absolute Gasteiger partial charge is 0.406 e. The number of allylic oxidation sites excluding steroid dienone is 4. The lowest BCUT2D eigenvalue weighted by atomic mass is 9.97. The van der Waals surface area contributed by atoms with E-state index in [-0.39, 0.29) is 0 Å². The molecule has 0 radical (unpaired) electrons. The third-order valence-electron chi connectivity index (χ3n) is 5.97. The van der Waals surface area contributed by atoms with E-state index in [1.54, 1.807) is 20.3 Å². The second kappa shape index (κ2) is 10.4. The summed E-state index contributed by atoms with van der Waals surface area (Å²) in [4.78, 5) is 21.5. The molecule has 0 saturated carbocycles. The highest BCUT2D eigenvalue weighted by Crippen LogP contribution is 2.44. The maximum Gasteiger partial charge on any atom is 0.180 e. The number of benzene rings is 2. The van der Waals surface area contributed by atoms with Crippen LogP contribution in [-0.2, 0) is 11.4 Å². The van der Waals surface area contributed by atoms with Gasteiger partial charge in [0, 0.05) is 56.5 Å². The minimum Gasteiger partial charge on any atom is -0.406 e. The highest BCUT2D eigenvalue weighted by atomic mass is 16.7. The number of hydrogen-bond acceptors (Lipinski definition) is 6. The fraction of sp³-hybridized carbons (Fsp3) is 0.138. The first kappa shape index (κ1) is 23.3. The minimum absolute atomic E-state index is 0.560. The van der Waals surface area contributed by atoms with E-state index in [2.05, 4.69) is 49.9 Å². The van der Waals surface area contributed by atoms with E-state index in [0.29, 0.717) is 6.54 Å². The van der Waals surface area contributed by atoms with Crippen LogP contribution in [0.5, 0.6) is 0 Å². The average Bonchev–Trinajstić information content (AvgIpc) is 3.62. The molecule has 0 bridgehead atoms. The number of nitrogens with zero attached hydrogens (tertiary/aromatic N) is 4. The Kier molecular flexibility index (Phi) is 6.73. The maximum atomic E-state index is 5.49. The number of pyridine rings is 1. The summed E-state index contributed by atoms with van der Waals surface area (Å²) < 4.78 is 0. The zero-order valence-electron chi connectivity index (χ0n) is 20.6. The smallest absolute Gasteiger partial charge is 0.180 e. The first-order valence-corrected chi connectivity index (χ1v) is 11.8. The van der Waals surface area contributed by atoms with Crippen molar-refractivity contribution in [1.82, 2.24) is 20.7 Å². The van der Waals surface area contributed by atoms with Gasteiger partial charge >= 0.3 is 0 Å². The monoisotopic (exact) mass is 476 g/mol. The molecule has 1 aliphatic heterocycles. The van der Waals surface area contributed by atoms with Crippen LogP contribution < -0.4 is 10.8 Å². The average molecular weight is 477 g/mol. The van der Waals surface area contributed by atoms with Crippen LogP contribution in [0.4, 0.5) is 5.69 Å². The molecule has 0 atom stereocenters. The molecule has 7 heteroatoms. The van der Waals surface area contributed by atoms with E-state index in [0.717, 1.165) is 56.5 Å². The van der Waals surface area contributed by atoms with Crippen molar-refractivity contribution in [1.29, 1.82) is 0 Å². The lowest BCUT2D eigenvalue weighted by Crippen LogP contribution is -2.25. The summed E-state index contributed by atoms with van der Waals surface area (Å²) in [6.45, 7) is 0.560. The van der Waals surface area contributed by atoms with Gasteiger partial charge in [-0.25, -0.2) is 0 Å². The Morgan fingerprint density at radius 3 is 2.64 bits per heavy atom. The second-order valence-corrected chi connectivity index (χ2v) is 8.35. The van der Waals surface area contributed by atoms with Crippen LogP contribution in [0.2, 0.25) is 0 Å². The summed E-state index contributed by atoms with van der Waals surface area (Å²) in [5.41, 5.74) is 10.8. The standard InChI is InChI=1S/C29H28N6O/c1-30-29(34-18-22-12-7-8-15-32-22)26-23(21-10-5-4-6-11-21)13-9-14-25(26)33-17-20-16-24-27(35(3)19-20)28(24)36-31-2/h4-17,19,31H,18H2,1-3H3,(H,30,34). The van der Waals surface area contributed by atoms with Gasteiger partial charge in [0.2, 0.25) is 0 Å². The molecule has 1 aliphatic carbocycles. The molecular weight excluding hydrogens is 448 g/mol. The molecule has 1 aromatic heterocycles. The van der Waals surface area contributed by atoms with E-state index in [1.807, 2.05) is 68.0 Å². The molecule has 5 rings (SSSR count). The van der Waals surface area contributed by atoms with E-state index in [1.165, 1.54) is 0 Å². The second-order valence-electron chi connectivity index (χ2n) is 8.35. The lowest BCUT2D eigenvalue weighted by molar-refractivity contribution is 0.143. The first-order valence-electron chi connectivity index (χ1n) is 11.8. The van der Waals surface area contributed by atoms with Crippen molar-refractivity contribution in [2.45, 2.75) is 6.54 Å². The molecule has 3 aromatic rings. The molecule has 180 valence electrons. The predicted molar refractivity (Wildman–Crippen MR) is 145 cm³/mol. The molecule has 0 saturated heterocycles. The van der Waals surface area contributed by atoms with Gasteiger partial charge in [-0.2, -0.15) is 5.48 Å². The maximum absolute atomic E-state index is 5.49. The Hall–Kier alpha value is -4.49. The summed E-state index contributed by atoms with van der Waals surface area (Å²) >= 11 is 0.